The summed E-state index contributed by atoms with van der Waals surface area (Å²) in [5.74, 6) is 0.557. The molecule has 1 aliphatic rings. The molecule has 1 aromatic rings. The molecule has 0 bridgehead atoms. The minimum Gasteiger partial charge on any atom is -0.103 e. The van der Waals surface area contributed by atoms with E-state index in [0.717, 1.165) is 11.1 Å². The molecule has 0 heteroatoms. The molecule has 0 nitrogen and oxygen atoms in total. The summed E-state index contributed by atoms with van der Waals surface area (Å²) in [6.07, 6.45) is 14.9. The summed E-state index contributed by atoms with van der Waals surface area (Å²) in [5.41, 5.74) is 2.41. The van der Waals surface area contributed by atoms with Gasteiger partial charge in [-0.25, -0.2) is 0 Å². The topological polar surface area (TPSA) is 0 Å². The average Bonchev–Trinajstić information content (AvgIpc) is 2.61. The zero-order valence-corrected chi connectivity index (χ0v) is 13.6. The van der Waals surface area contributed by atoms with E-state index in [4.69, 9.17) is 0 Å². The molecule has 0 aromatic heterocycles. The van der Waals surface area contributed by atoms with Crippen LogP contribution in [0.3, 0.4) is 0 Å². The third kappa shape index (κ3) is 4.21. The monoisotopic (exact) mass is 292 g/mol. The Balaban J connectivity index is 0.000000224. The molecule has 0 spiro atoms. The van der Waals surface area contributed by atoms with Crippen LogP contribution >= 0.6 is 0 Å². The fourth-order valence-electron chi connectivity index (χ4n) is 3.06. The first kappa shape index (κ1) is 18.0. The third-order valence-electron chi connectivity index (χ3n) is 4.55. The number of rotatable bonds is 5. The van der Waals surface area contributed by atoms with Crippen LogP contribution < -0.4 is 0 Å². The largest absolute Gasteiger partial charge is 0.103 e. The highest BCUT2D eigenvalue weighted by atomic mass is 14.4. The fraction of sp³-hybridized carbons (Fsp3) is 0.273. The highest BCUT2D eigenvalue weighted by Crippen LogP contribution is 2.43. The molecule has 0 aliphatic heterocycles. The first-order valence-electron chi connectivity index (χ1n) is 7.91. The van der Waals surface area contributed by atoms with Crippen LogP contribution in [0.2, 0.25) is 0 Å². The van der Waals surface area contributed by atoms with Crippen molar-refractivity contribution in [3.63, 3.8) is 0 Å². The molecular weight excluding hydrogens is 264 g/mol. The predicted molar refractivity (Wildman–Crippen MR) is 102 cm³/mol. The highest BCUT2D eigenvalue weighted by molar-refractivity contribution is 5.63. The smallest absolute Gasteiger partial charge is 0.0118 e. The van der Waals surface area contributed by atoms with Gasteiger partial charge in [-0.3, -0.25) is 0 Å². The van der Waals surface area contributed by atoms with Crippen LogP contribution in [0.25, 0.3) is 12.2 Å². The van der Waals surface area contributed by atoms with E-state index in [-0.39, 0.29) is 5.41 Å². The van der Waals surface area contributed by atoms with Gasteiger partial charge in [0.15, 0.2) is 0 Å². The first-order chi connectivity index (χ1) is 10.7. The van der Waals surface area contributed by atoms with Crippen molar-refractivity contribution >= 4 is 12.2 Å². The summed E-state index contributed by atoms with van der Waals surface area (Å²) in [6, 6.07) is 8.02. The zero-order valence-electron chi connectivity index (χ0n) is 13.6. The second kappa shape index (κ2) is 9.04. The molecule has 1 saturated carbocycles. The molecule has 0 N–H and O–H groups in total. The van der Waals surface area contributed by atoms with E-state index in [2.05, 4.69) is 39.0 Å². The lowest BCUT2D eigenvalue weighted by Gasteiger charge is -2.38. The van der Waals surface area contributed by atoms with Gasteiger partial charge in [-0.2, -0.15) is 0 Å². The number of hydrogen-bond donors (Lipinski definition) is 0. The van der Waals surface area contributed by atoms with Crippen molar-refractivity contribution in [3.05, 3.63) is 86.5 Å². The van der Waals surface area contributed by atoms with Gasteiger partial charge in [-0.05, 0) is 29.9 Å². The van der Waals surface area contributed by atoms with E-state index < -0.39 is 0 Å². The first-order valence-corrected chi connectivity index (χ1v) is 7.91. The van der Waals surface area contributed by atoms with Gasteiger partial charge >= 0.3 is 0 Å². The van der Waals surface area contributed by atoms with Crippen LogP contribution in [0.15, 0.2) is 75.4 Å². The van der Waals surface area contributed by atoms with E-state index in [0.29, 0.717) is 5.92 Å². The summed E-state index contributed by atoms with van der Waals surface area (Å²) in [4.78, 5) is 0. The van der Waals surface area contributed by atoms with Crippen molar-refractivity contribution in [2.75, 3.05) is 0 Å². The highest BCUT2D eigenvalue weighted by Gasteiger charge is 2.33. The SMILES string of the molecule is C=CC1CCCCC1(C=C)C=C.C=Cc1ccccc1C=C. The van der Waals surface area contributed by atoms with Crippen LogP contribution in [0.4, 0.5) is 0 Å². The zero-order chi connectivity index (χ0) is 16.4. The molecule has 0 saturated heterocycles. The maximum absolute atomic E-state index is 3.91. The third-order valence-corrected chi connectivity index (χ3v) is 4.55. The van der Waals surface area contributed by atoms with Crippen LogP contribution in [0, 0.1) is 11.3 Å². The maximum atomic E-state index is 3.91. The Labute approximate surface area is 136 Å². The quantitative estimate of drug-likeness (QED) is 0.530. The Bertz CT molecular complexity index is 498. The molecule has 2 rings (SSSR count). The molecule has 0 radical (unpaired) electrons. The lowest BCUT2D eigenvalue weighted by Crippen LogP contribution is -2.28. The van der Waals surface area contributed by atoms with Crippen LogP contribution in [0.5, 0.6) is 0 Å². The average molecular weight is 292 g/mol. The molecule has 0 heterocycles. The van der Waals surface area contributed by atoms with Gasteiger partial charge in [0.2, 0.25) is 0 Å². The number of hydrogen-bond acceptors (Lipinski definition) is 0. The molecule has 1 fully saturated rings. The van der Waals surface area contributed by atoms with E-state index in [1.807, 2.05) is 48.6 Å². The van der Waals surface area contributed by atoms with Crippen molar-refractivity contribution < 1.29 is 0 Å². The Hall–Kier alpha value is -2.08. The Morgan fingerprint density at radius 1 is 0.864 bits per heavy atom. The van der Waals surface area contributed by atoms with Crippen molar-refractivity contribution in [1.29, 1.82) is 0 Å². The molecule has 1 atom stereocenters. The van der Waals surface area contributed by atoms with Crippen molar-refractivity contribution in [2.24, 2.45) is 11.3 Å². The molecule has 22 heavy (non-hydrogen) atoms. The van der Waals surface area contributed by atoms with Crippen LogP contribution in [-0.4, -0.2) is 0 Å². The summed E-state index contributed by atoms with van der Waals surface area (Å²) in [6.45, 7) is 19.1. The summed E-state index contributed by atoms with van der Waals surface area (Å²) in [5, 5.41) is 0. The van der Waals surface area contributed by atoms with Gasteiger partial charge in [0.05, 0.1) is 0 Å². The molecule has 1 unspecified atom stereocenters. The van der Waals surface area contributed by atoms with Crippen molar-refractivity contribution in [3.8, 4) is 0 Å². The maximum Gasteiger partial charge on any atom is 0.0118 e. The van der Waals surface area contributed by atoms with Crippen molar-refractivity contribution in [2.45, 2.75) is 25.7 Å². The van der Waals surface area contributed by atoms with Gasteiger partial charge in [0, 0.05) is 5.41 Å². The van der Waals surface area contributed by atoms with Crippen LogP contribution in [0.1, 0.15) is 36.8 Å². The number of allylic oxidation sites excluding steroid dienone is 3. The molecule has 1 aromatic carbocycles. The summed E-state index contributed by atoms with van der Waals surface area (Å²) < 4.78 is 0. The predicted octanol–water partition coefficient (Wildman–Crippen LogP) is 6.69. The van der Waals surface area contributed by atoms with Gasteiger partial charge in [0.1, 0.15) is 0 Å². The van der Waals surface area contributed by atoms with Gasteiger partial charge in [-0.15, -0.1) is 19.7 Å². The van der Waals surface area contributed by atoms with E-state index in [1.165, 1.54) is 25.7 Å². The van der Waals surface area contributed by atoms with Gasteiger partial charge in [-0.1, -0.05) is 80.6 Å². The summed E-state index contributed by atoms with van der Waals surface area (Å²) >= 11 is 0. The Kier molecular flexibility index (Phi) is 7.39. The van der Waals surface area contributed by atoms with E-state index in [9.17, 15) is 0 Å². The lowest BCUT2D eigenvalue weighted by molar-refractivity contribution is 0.252. The van der Waals surface area contributed by atoms with Crippen molar-refractivity contribution in [1.82, 2.24) is 0 Å². The standard InChI is InChI=1S/C12H18.C10H10/c1-4-11-9-7-8-10-12(11,5-2)6-3;1-3-9-7-5-6-8-10(9)4-2/h4-6,11H,1-3,7-10H2;3-8H,1-2H2. The molecule has 1 aliphatic carbocycles. The van der Waals surface area contributed by atoms with E-state index in [1.54, 1.807) is 0 Å². The minimum absolute atomic E-state index is 0.139. The molecule has 0 amide bonds. The second-order valence-corrected chi connectivity index (χ2v) is 5.65. The Morgan fingerprint density at radius 3 is 1.77 bits per heavy atom. The van der Waals surface area contributed by atoms with Crippen LogP contribution in [-0.2, 0) is 0 Å². The second-order valence-electron chi connectivity index (χ2n) is 5.65. The minimum atomic E-state index is 0.139. The lowest BCUT2D eigenvalue weighted by atomic mass is 9.66. The van der Waals surface area contributed by atoms with Gasteiger partial charge in [0.25, 0.3) is 0 Å². The van der Waals surface area contributed by atoms with Gasteiger partial charge < -0.3 is 0 Å². The fourth-order valence-corrected chi connectivity index (χ4v) is 3.06. The molecule has 116 valence electrons. The Morgan fingerprint density at radius 2 is 1.41 bits per heavy atom. The number of benzene rings is 1. The normalized spacial score (nSPS) is 19.0. The molecular formula is C22H28. The summed E-state index contributed by atoms with van der Waals surface area (Å²) in [7, 11) is 0. The van der Waals surface area contributed by atoms with E-state index >= 15 is 0 Å².